The third-order valence-electron chi connectivity index (χ3n) is 4.95. The lowest BCUT2D eigenvalue weighted by Crippen LogP contribution is -2.11. The van der Waals surface area contributed by atoms with E-state index >= 15 is 0 Å². The van der Waals surface area contributed by atoms with Crippen LogP contribution in [0.3, 0.4) is 0 Å². The average Bonchev–Trinajstić information content (AvgIpc) is 2.79. The van der Waals surface area contributed by atoms with Gasteiger partial charge in [-0.3, -0.25) is 9.98 Å². The van der Waals surface area contributed by atoms with Crippen LogP contribution < -0.4 is 10.3 Å². The van der Waals surface area contributed by atoms with Gasteiger partial charge in [-0.2, -0.15) is 0 Å². The van der Waals surface area contributed by atoms with Gasteiger partial charge in [-0.25, -0.2) is 27.1 Å². The van der Waals surface area contributed by atoms with Crippen molar-refractivity contribution in [3.8, 4) is 0 Å². The molecule has 0 saturated carbocycles. The number of sulfonamides is 2. The first-order valence-electron chi connectivity index (χ1n) is 10.4. The molecule has 0 saturated heterocycles. The van der Waals surface area contributed by atoms with Crippen molar-refractivity contribution in [1.29, 1.82) is 0 Å². The van der Waals surface area contributed by atoms with E-state index in [2.05, 4.69) is 9.98 Å². The van der Waals surface area contributed by atoms with E-state index in [4.69, 9.17) is 10.3 Å². The lowest BCUT2D eigenvalue weighted by molar-refractivity contribution is 0.596. The molecular formula is C24H26N4O4S2. The molecule has 0 radical (unpaired) electrons. The maximum absolute atomic E-state index is 11.3. The summed E-state index contributed by atoms with van der Waals surface area (Å²) in [5.41, 5.74) is 3.86. The van der Waals surface area contributed by atoms with Crippen LogP contribution in [-0.2, 0) is 32.9 Å². The molecule has 10 heteroatoms. The number of hydrogen-bond acceptors (Lipinski definition) is 6. The highest BCUT2D eigenvalue weighted by Crippen LogP contribution is 2.10. The van der Waals surface area contributed by atoms with Gasteiger partial charge in [-0.1, -0.05) is 42.5 Å². The summed E-state index contributed by atoms with van der Waals surface area (Å²) < 4.78 is 45.2. The van der Waals surface area contributed by atoms with E-state index in [1.165, 1.54) is 24.3 Å². The number of benzene rings is 3. The minimum Gasteiger partial charge on any atom is -0.292 e. The van der Waals surface area contributed by atoms with Crippen molar-refractivity contribution in [3.05, 3.63) is 95.1 Å². The number of rotatable bonds is 10. The molecule has 0 fully saturated rings. The van der Waals surface area contributed by atoms with Crippen molar-refractivity contribution in [3.63, 3.8) is 0 Å². The topological polar surface area (TPSA) is 145 Å². The smallest absolute Gasteiger partial charge is 0.238 e. The van der Waals surface area contributed by atoms with Gasteiger partial charge in [0.1, 0.15) is 0 Å². The zero-order valence-corrected chi connectivity index (χ0v) is 20.0. The summed E-state index contributed by atoms with van der Waals surface area (Å²) in [6.07, 6.45) is 4.95. The molecule has 4 N–H and O–H groups in total. The summed E-state index contributed by atoms with van der Waals surface area (Å²) in [7, 11) is -7.36. The Morgan fingerprint density at radius 2 is 1.00 bits per heavy atom. The molecule has 0 aliphatic carbocycles. The molecular weight excluding hydrogens is 472 g/mol. The van der Waals surface area contributed by atoms with Crippen LogP contribution in [0.15, 0.2) is 92.6 Å². The number of aliphatic imine (C=N–C) groups is 2. The quantitative estimate of drug-likeness (QED) is 0.413. The summed E-state index contributed by atoms with van der Waals surface area (Å²) in [6, 6.07) is 20.8. The molecule has 3 aromatic rings. The van der Waals surface area contributed by atoms with Crippen molar-refractivity contribution in [2.45, 2.75) is 22.6 Å². The van der Waals surface area contributed by atoms with Gasteiger partial charge in [0.2, 0.25) is 20.0 Å². The fourth-order valence-corrected chi connectivity index (χ4v) is 4.17. The Labute approximate surface area is 200 Å². The van der Waals surface area contributed by atoms with Gasteiger partial charge in [0.25, 0.3) is 0 Å². The van der Waals surface area contributed by atoms with Crippen LogP contribution >= 0.6 is 0 Å². The first-order valence-corrected chi connectivity index (χ1v) is 13.5. The molecule has 8 nitrogen and oxygen atoms in total. The van der Waals surface area contributed by atoms with E-state index in [0.29, 0.717) is 25.9 Å². The molecule has 0 bridgehead atoms. The molecule has 34 heavy (non-hydrogen) atoms. The number of nitrogens with two attached hydrogens (primary N) is 2. The van der Waals surface area contributed by atoms with Gasteiger partial charge in [0.05, 0.1) is 9.79 Å². The molecule has 3 rings (SSSR count). The van der Waals surface area contributed by atoms with Crippen molar-refractivity contribution in [2.75, 3.05) is 13.1 Å². The molecule has 0 aliphatic rings. The third-order valence-corrected chi connectivity index (χ3v) is 6.81. The number of nitrogens with zero attached hydrogens (tertiary/aromatic N) is 2. The molecule has 0 aliphatic heterocycles. The predicted octanol–water partition coefficient (Wildman–Crippen LogP) is 2.30. The maximum Gasteiger partial charge on any atom is 0.238 e. The van der Waals surface area contributed by atoms with E-state index in [0.717, 1.165) is 22.3 Å². The zero-order chi connectivity index (χ0) is 24.6. The van der Waals surface area contributed by atoms with Gasteiger partial charge in [-0.15, -0.1) is 0 Å². The Kier molecular flexibility index (Phi) is 8.46. The van der Waals surface area contributed by atoms with Crippen molar-refractivity contribution < 1.29 is 16.8 Å². The minimum atomic E-state index is -3.68. The first-order chi connectivity index (χ1) is 16.1. The molecule has 0 amide bonds. The molecule has 178 valence electrons. The molecule has 0 spiro atoms. The highest BCUT2D eigenvalue weighted by atomic mass is 32.2. The average molecular weight is 499 g/mol. The SMILES string of the molecule is NS(=O)(=O)c1ccc(CCN=Cc2cccc(C=NCCc3ccc(S(N)(=O)=O)cc3)c2)cc1. The van der Waals surface area contributed by atoms with Crippen LogP contribution in [0.1, 0.15) is 22.3 Å². The van der Waals surface area contributed by atoms with Crippen molar-refractivity contribution in [2.24, 2.45) is 20.3 Å². The maximum atomic E-state index is 11.3. The Bertz CT molecular complexity index is 1280. The summed E-state index contributed by atoms with van der Waals surface area (Å²) >= 11 is 0. The van der Waals surface area contributed by atoms with Crippen molar-refractivity contribution in [1.82, 2.24) is 0 Å². The van der Waals surface area contributed by atoms with E-state index < -0.39 is 20.0 Å². The van der Waals surface area contributed by atoms with Crippen molar-refractivity contribution >= 4 is 32.5 Å². The molecule has 0 atom stereocenters. The second kappa shape index (κ2) is 11.3. The molecule has 3 aromatic carbocycles. The van der Waals surface area contributed by atoms with Gasteiger partial charge in [0, 0.05) is 25.5 Å². The standard InChI is InChI=1S/C24H26N4O4S2/c25-33(29,30)23-8-4-19(5-9-23)12-14-27-17-21-2-1-3-22(16-21)18-28-15-13-20-6-10-24(11-7-20)34(26,31)32/h1-11,16-18H,12-15H2,(H2,25,29,30)(H2,26,31,32). The van der Waals surface area contributed by atoms with Crippen LogP contribution in [0.4, 0.5) is 0 Å². The molecule has 0 heterocycles. The Morgan fingerprint density at radius 3 is 1.35 bits per heavy atom. The van der Waals surface area contributed by atoms with E-state index in [1.54, 1.807) is 36.7 Å². The van der Waals surface area contributed by atoms with Crippen LogP contribution in [0, 0.1) is 0 Å². The summed E-state index contributed by atoms with van der Waals surface area (Å²) in [6.45, 7) is 1.13. The highest BCUT2D eigenvalue weighted by Gasteiger charge is 2.07. The Hall–Kier alpha value is -3.18. The largest absolute Gasteiger partial charge is 0.292 e. The minimum absolute atomic E-state index is 0.0955. The van der Waals surface area contributed by atoms with Gasteiger partial charge >= 0.3 is 0 Å². The summed E-state index contributed by atoms with van der Waals surface area (Å²) in [5, 5.41) is 10.2. The lowest BCUT2D eigenvalue weighted by Gasteiger charge is -2.02. The first kappa shape index (κ1) is 25.4. The monoisotopic (exact) mass is 498 g/mol. The van der Waals surface area contributed by atoms with Gasteiger partial charge in [0.15, 0.2) is 0 Å². The zero-order valence-electron chi connectivity index (χ0n) is 18.4. The second-order valence-corrected chi connectivity index (χ2v) is 10.7. The van der Waals surface area contributed by atoms with Crippen LogP contribution in [0.2, 0.25) is 0 Å². The van der Waals surface area contributed by atoms with Gasteiger partial charge in [-0.05, 0) is 65.4 Å². The van der Waals surface area contributed by atoms with E-state index in [1.807, 2.05) is 24.3 Å². The fourth-order valence-electron chi connectivity index (χ4n) is 3.14. The number of hydrogen-bond donors (Lipinski definition) is 2. The summed E-state index contributed by atoms with van der Waals surface area (Å²) in [5.74, 6) is 0. The fraction of sp³-hybridized carbons (Fsp3) is 0.167. The molecule has 0 unspecified atom stereocenters. The Morgan fingerprint density at radius 1 is 0.618 bits per heavy atom. The molecule has 0 aromatic heterocycles. The lowest BCUT2D eigenvalue weighted by atomic mass is 10.1. The van der Waals surface area contributed by atoms with Gasteiger partial charge < -0.3 is 0 Å². The predicted molar refractivity (Wildman–Crippen MR) is 134 cm³/mol. The number of primary sulfonamides is 2. The summed E-state index contributed by atoms with van der Waals surface area (Å²) in [4.78, 5) is 9.08. The van der Waals surface area contributed by atoms with Crippen LogP contribution in [-0.4, -0.2) is 42.4 Å². The highest BCUT2D eigenvalue weighted by molar-refractivity contribution is 7.89. The normalized spacial score (nSPS) is 12.5. The Balaban J connectivity index is 1.48. The van der Waals surface area contributed by atoms with Crippen LogP contribution in [0.25, 0.3) is 0 Å². The second-order valence-electron chi connectivity index (χ2n) is 7.62. The van der Waals surface area contributed by atoms with E-state index in [-0.39, 0.29) is 9.79 Å². The van der Waals surface area contributed by atoms with Crippen LogP contribution in [0.5, 0.6) is 0 Å². The van der Waals surface area contributed by atoms with E-state index in [9.17, 15) is 16.8 Å². The third kappa shape index (κ3) is 7.99.